The first-order valence-corrected chi connectivity index (χ1v) is 6.47. The number of benzene rings is 1. The highest BCUT2D eigenvalue weighted by Crippen LogP contribution is 2.11. The van der Waals surface area contributed by atoms with Crippen LogP contribution in [0, 0.1) is 11.8 Å². The van der Waals surface area contributed by atoms with E-state index < -0.39 is 0 Å². The summed E-state index contributed by atoms with van der Waals surface area (Å²) in [4.78, 5) is 13.7. The van der Waals surface area contributed by atoms with Crippen molar-refractivity contribution in [2.75, 3.05) is 25.5 Å². The molecule has 2 rings (SSSR count). The minimum absolute atomic E-state index is 0.269. The van der Waals surface area contributed by atoms with E-state index in [4.69, 9.17) is 0 Å². The van der Waals surface area contributed by atoms with Crippen LogP contribution in [0.4, 0.5) is 5.69 Å². The van der Waals surface area contributed by atoms with Gasteiger partial charge in [0.1, 0.15) is 0 Å². The van der Waals surface area contributed by atoms with E-state index in [1.54, 1.807) is 13.2 Å². The van der Waals surface area contributed by atoms with Crippen molar-refractivity contribution in [3.63, 3.8) is 0 Å². The number of hydrogen-bond acceptors (Lipinski definition) is 4. The predicted octanol–water partition coefficient (Wildman–Crippen LogP) is 0.663. The average Bonchev–Trinajstić information content (AvgIpc) is 2.90. The van der Waals surface area contributed by atoms with Crippen molar-refractivity contribution in [3.8, 4) is 11.8 Å². The molecule has 1 aromatic carbocycles. The molecule has 0 bridgehead atoms. The second-order valence-corrected chi connectivity index (χ2v) is 4.70. The molecule has 0 radical (unpaired) electrons. The topological polar surface area (TPSA) is 63.1 Å². The van der Waals surface area contributed by atoms with Gasteiger partial charge in [0, 0.05) is 32.4 Å². The van der Waals surface area contributed by atoms with Gasteiger partial charge in [-0.05, 0) is 24.3 Å². The Kier molecular flexibility index (Phi) is 4.57. The van der Waals surface area contributed by atoms with Gasteiger partial charge in [-0.3, -0.25) is 9.48 Å². The molecule has 0 fully saturated rings. The van der Waals surface area contributed by atoms with E-state index in [1.807, 2.05) is 43.3 Å². The average molecular weight is 283 g/mol. The van der Waals surface area contributed by atoms with Crippen LogP contribution in [-0.4, -0.2) is 41.5 Å². The highest BCUT2D eigenvalue weighted by atomic mass is 16.1. The zero-order valence-corrected chi connectivity index (χ0v) is 12.3. The lowest BCUT2D eigenvalue weighted by Gasteiger charge is -2.11. The first-order chi connectivity index (χ1) is 10.1. The van der Waals surface area contributed by atoms with Crippen LogP contribution in [-0.2, 0) is 7.05 Å². The van der Waals surface area contributed by atoms with Gasteiger partial charge in [0.2, 0.25) is 0 Å². The van der Waals surface area contributed by atoms with Crippen molar-refractivity contribution in [3.05, 3.63) is 41.7 Å². The van der Waals surface area contributed by atoms with Crippen LogP contribution in [0.3, 0.4) is 0 Å². The van der Waals surface area contributed by atoms with Gasteiger partial charge in [0.15, 0.2) is 5.69 Å². The second-order valence-electron chi connectivity index (χ2n) is 4.70. The van der Waals surface area contributed by atoms with E-state index in [2.05, 4.69) is 27.5 Å². The number of nitrogens with zero attached hydrogens (tertiary/aromatic N) is 4. The van der Waals surface area contributed by atoms with Crippen molar-refractivity contribution < 1.29 is 4.79 Å². The molecule has 0 saturated heterocycles. The predicted molar refractivity (Wildman–Crippen MR) is 81.0 cm³/mol. The smallest absolute Gasteiger partial charge is 0.274 e. The molecule has 0 atom stereocenters. The van der Waals surface area contributed by atoms with E-state index in [-0.39, 0.29) is 18.1 Å². The Morgan fingerprint density at radius 1 is 1.33 bits per heavy atom. The van der Waals surface area contributed by atoms with Gasteiger partial charge in [0.25, 0.3) is 5.91 Å². The van der Waals surface area contributed by atoms with Crippen molar-refractivity contribution >= 4 is 11.6 Å². The van der Waals surface area contributed by atoms with Crippen molar-refractivity contribution in [2.45, 2.75) is 0 Å². The quantitative estimate of drug-likeness (QED) is 0.841. The van der Waals surface area contributed by atoms with Crippen LogP contribution in [0.1, 0.15) is 16.1 Å². The van der Waals surface area contributed by atoms with E-state index in [0.29, 0.717) is 0 Å². The van der Waals surface area contributed by atoms with Crippen molar-refractivity contribution in [1.29, 1.82) is 0 Å². The maximum atomic E-state index is 11.7. The van der Waals surface area contributed by atoms with Gasteiger partial charge in [-0.25, -0.2) is 0 Å². The molecule has 21 heavy (non-hydrogen) atoms. The Bertz CT molecular complexity index is 676. The van der Waals surface area contributed by atoms with Crippen LogP contribution < -0.4 is 10.2 Å². The minimum atomic E-state index is -0.277. The van der Waals surface area contributed by atoms with Gasteiger partial charge in [-0.2, -0.15) is 0 Å². The fourth-order valence-corrected chi connectivity index (χ4v) is 1.66. The molecule has 0 spiro atoms. The summed E-state index contributed by atoms with van der Waals surface area (Å²) in [6.45, 7) is 0.269. The standard InChI is InChI=1S/C15H17N5O/c1-19(2)13-8-6-12(7-9-13)5-4-10-16-15(21)14-11-20(3)18-17-14/h6-9,11H,10H2,1-3H3,(H,16,21). The summed E-state index contributed by atoms with van der Waals surface area (Å²) in [7, 11) is 5.69. The Hall–Kier alpha value is -2.81. The molecule has 0 aliphatic heterocycles. The SMILES string of the molecule is CN(C)c1ccc(C#CCNC(=O)c2cn(C)nn2)cc1. The van der Waals surface area contributed by atoms with Crippen LogP contribution >= 0.6 is 0 Å². The monoisotopic (exact) mass is 283 g/mol. The van der Waals surface area contributed by atoms with Gasteiger partial charge in [-0.1, -0.05) is 17.1 Å². The Balaban J connectivity index is 1.87. The van der Waals surface area contributed by atoms with E-state index >= 15 is 0 Å². The van der Waals surface area contributed by atoms with Gasteiger partial charge in [0.05, 0.1) is 12.7 Å². The fourth-order valence-electron chi connectivity index (χ4n) is 1.66. The Morgan fingerprint density at radius 3 is 2.62 bits per heavy atom. The summed E-state index contributed by atoms with van der Waals surface area (Å²) in [5.74, 6) is 5.63. The summed E-state index contributed by atoms with van der Waals surface area (Å²) in [6, 6.07) is 7.91. The lowest BCUT2D eigenvalue weighted by atomic mass is 10.2. The number of aryl methyl sites for hydroxylation is 1. The highest BCUT2D eigenvalue weighted by molar-refractivity contribution is 5.91. The minimum Gasteiger partial charge on any atom is -0.378 e. The van der Waals surface area contributed by atoms with Crippen LogP contribution in [0.25, 0.3) is 0 Å². The molecule has 6 heteroatoms. The zero-order chi connectivity index (χ0) is 15.2. The number of amides is 1. The molecule has 0 aliphatic rings. The maximum Gasteiger partial charge on any atom is 0.274 e. The number of aromatic nitrogens is 3. The first-order valence-electron chi connectivity index (χ1n) is 6.47. The number of rotatable bonds is 3. The molecular weight excluding hydrogens is 266 g/mol. The molecule has 1 N–H and O–H groups in total. The molecule has 1 amide bonds. The van der Waals surface area contributed by atoms with Gasteiger partial charge < -0.3 is 10.2 Å². The molecule has 0 aliphatic carbocycles. The van der Waals surface area contributed by atoms with Crippen LogP contribution in [0.2, 0.25) is 0 Å². The van der Waals surface area contributed by atoms with Crippen LogP contribution in [0.15, 0.2) is 30.5 Å². The summed E-state index contributed by atoms with van der Waals surface area (Å²) < 4.78 is 1.48. The maximum absolute atomic E-state index is 11.7. The number of nitrogens with one attached hydrogen (secondary N) is 1. The molecule has 6 nitrogen and oxygen atoms in total. The number of anilines is 1. The molecule has 108 valence electrons. The summed E-state index contributed by atoms with van der Waals surface area (Å²) >= 11 is 0. The van der Waals surface area contributed by atoms with Gasteiger partial charge >= 0.3 is 0 Å². The number of carbonyl (C=O) groups is 1. The normalized spacial score (nSPS) is 9.67. The Labute approximate surface area is 123 Å². The fraction of sp³-hybridized carbons (Fsp3) is 0.267. The third kappa shape index (κ3) is 4.08. The molecule has 1 aromatic heterocycles. The van der Waals surface area contributed by atoms with Crippen LogP contribution in [0.5, 0.6) is 0 Å². The largest absolute Gasteiger partial charge is 0.378 e. The third-order valence-corrected chi connectivity index (χ3v) is 2.79. The first kappa shape index (κ1) is 14.6. The summed E-state index contributed by atoms with van der Waals surface area (Å²) in [5, 5.41) is 10.1. The third-order valence-electron chi connectivity index (χ3n) is 2.79. The number of hydrogen-bond donors (Lipinski definition) is 1. The molecule has 2 aromatic rings. The van der Waals surface area contributed by atoms with Gasteiger partial charge in [-0.15, -0.1) is 5.10 Å². The molecule has 1 heterocycles. The van der Waals surface area contributed by atoms with Crippen molar-refractivity contribution in [2.24, 2.45) is 7.05 Å². The van der Waals surface area contributed by atoms with E-state index in [1.165, 1.54) is 4.68 Å². The lowest BCUT2D eigenvalue weighted by molar-refractivity contribution is 0.0953. The second kappa shape index (κ2) is 6.57. The summed E-state index contributed by atoms with van der Waals surface area (Å²) in [5.41, 5.74) is 2.32. The van der Waals surface area contributed by atoms with E-state index in [0.717, 1.165) is 11.3 Å². The molecule has 0 saturated carbocycles. The van der Waals surface area contributed by atoms with E-state index in [9.17, 15) is 4.79 Å². The highest BCUT2D eigenvalue weighted by Gasteiger charge is 2.07. The Morgan fingerprint density at radius 2 is 2.05 bits per heavy atom. The zero-order valence-electron chi connectivity index (χ0n) is 12.3. The molecule has 0 unspecified atom stereocenters. The number of carbonyl (C=O) groups excluding carboxylic acids is 1. The van der Waals surface area contributed by atoms with Crippen molar-refractivity contribution in [1.82, 2.24) is 20.3 Å². The lowest BCUT2D eigenvalue weighted by Crippen LogP contribution is -2.23. The molecular formula is C15H17N5O. The summed E-state index contributed by atoms with van der Waals surface area (Å²) in [6.07, 6.45) is 1.56.